The van der Waals surface area contributed by atoms with Crippen LogP contribution in [0, 0.1) is 10.8 Å². The minimum Gasteiger partial charge on any atom is -0.497 e. The zero-order valence-electron chi connectivity index (χ0n) is 17.8. The van der Waals surface area contributed by atoms with Crippen LogP contribution < -0.4 is 20.7 Å². The molecule has 8 heteroatoms. The Morgan fingerprint density at radius 2 is 1.31 bits per heavy atom. The topological polar surface area (TPSA) is 93.0 Å². The first-order valence-electron chi connectivity index (χ1n) is 10.2. The number of benzene rings is 1. The monoisotopic (exact) mass is 447 g/mol. The highest BCUT2D eigenvalue weighted by Gasteiger charge is 2.01. The second-order valence-corrected chi connectivity index (χ2v) is 6.83. The van der Waals surface area contributed by atoms with Gasteiger partial charge in [-0.2, -0.15) is 0 Å². The minimum atomic E-state index is 0. The number of hydrogen-bond donors (Lipinski definition) is 5. The van der Waals surface area contributed by atoms with Gasteiger partial charge in [0.25, 0.3) is 0 Å². The standard InChI is InChI=1S/C21H37N5O.2ClH/c1-3-4-5-6-7-8-9-10-11-16-24-20(22)26-21(23)25-17-18-12-14-19(27-2)15-13-18;;/h12-15H,3-11,16-17H2,1-2H3,(H5,22,23,24,25,26);2*1H. The Morgan fingerprint density at radius 3 is 1.86 bits per heavy atom. The predicted octanol–water partition coefficient (Wildman–Crippen LogP) is 5.21. The van der Waals surface area contributed by atoms with Crippen LogP contribution in [0.15, 0.2) is 24.3 Å². The molecule has 0 atom stereocenters. The number of guanidine groups is 2. The van der Waals surface area contributed by atoms with Crippen molar-refractivity contribution < 1.29 is 4.74 Å². The van der Waals surface area contributed by atoms with Crippen molar-refractivity contribution in [3.05, 3.63) is 29.8 Å². The Hall–Kier alpha value is -1.66. The number of halogens is 2. The Labute approximate surface area is 188 Å². The van der Waals surface area contributed by atoms with Crippen LogP contribution in [0.2, 0.25) is 0 Å². The highest BCUT2D eigenvalue weighted by atomic mass is 35.5. The molecule has 1 aromatic rings. The maximum absolute atomic E-state index is 7.86. The summed E-state index contributed by atoms with van der Waals surface area (Å²) in [5, 5.41) is 24.4. The van der Waals surface area contributed by atoms with E-state index in [1.165, 1.54) is 51.4 Å². The van der Waals surface area contributed by atoms with Crippen molar-refractivity contribution >= 4 is 36.7 Å². The summed E-state index contributed by atoms with van der Waals surface area (Å²) in [6, 6.07) is 7.69. The fourth-order valence-corrected chi connectivity index (χ4v) is 2.80. The maximum Gasteiger partial charge on any atom is 0.195 e. The van der Waals surface area contributed by atoms with Crippen LogP contribution in [0.3, 0.4) is 0 Å². The van der Waals surface area contributed by atoms with Crippen molar-refractivity contribution in [2.45, 2.75) is 71.3 Å². The molecule has 5 N–H and O–H groups in total. The van der Waals surface area contributed by atoms with Gasteiger partial charge in [0.2, 0.25) is 0 Å². The molecule has 168 valence electrons. The summed E-state index contributed by atoms with van der Waals surface area (Å²) in [4.78, 5) is 0. The molecule has 0 unspecified atom stereocenters. The largest absolute Gasteiger partial charge is 0.497 e. The molecule has 0 aliphatic carbocycles. The number of methoxy groups -OCH3 is 1. The lowest BCUT2D eigenvalue weighted by molar-refractivity contribution is 0.414. The SMILES string of the molecule is CCCCCCCCCCCNC(=N)NC(=N)NCc1ccc(OC)cc1.Cl.Cl. The second-order valence-electron chi connectivity index (χ2n) is 6.83. The Morgan fingerprint density at radius 1 is 0.793 bits per heavy atom. The lowest BCUT2D eigenvalue weighted by Gasteiger charge is -2.13. The van der Waals surface area contributed by atoms with Gasteiger partial charge in [0.1, 0.15) is 5.75 Å². The van der Waals surface area contributed by atoms with Gasteiger partial charge in [-0.05, 0) is 24.1 Å². The average Bonchev–Trinajstić information content (AvgIpc) is 2.68. The molecule has 1 aromatic carbocycles. The molecule has 6 nitrogen and oxygen atoms in total. The Bertz CT molecular complexity index is 540. The van der Waals surface area contributed by atoms with E-state index in [2.05, 4.69) is 22.9 Å². The fraction of sp³-hybridized carbons (Fsp3) is 0.619. The first-order chi connectivity index (χ1) is 13.2. The molecule has 0 saturated carbocycles. The van der Waals surface area contributed by atoms with E-state index in [-0.39, 0.29) is 36.7 Å². The molecule has 0 amide bonds. The molecule has 0 saturated heterocycles. The average molecular weight is 448 g/mol. The van der Waals surface area contributed by atoms with Gasteiger partial charge in [-0.3, -0.25) is 16.1 Å². The zero-order chi connectivity index (χ0) is 19.7. The zero-order valence-corrected chi connectivity index (χ0v) is 19.4. The van der Waals surface area contributed by atoms with Crippen molar-refractivity contribution in [2.75, 3.05) is 13.7 Å². The number of nitrogens with one attached hydrogen (secondary N) is 5. The number of rotatable bonds is 13. The van der Waals surface area contributed by atoms with E-state index in [4.69, 9.17) is 15.6 Å². The van der Waals surface area contributed by atoms with Crippen molar-refractivity contribution in [3.63, 3.8) is 0 Å². The van der Waals surface area contributed by atoms with Gasteiger partial charge >= 0.3 is 0 Å². The summed E-state index contributed by atoms with van der Waals surface area (Å²) in [6.07, 6.45) is 11.6. The van der Waals surface area contributed by atoms with Gasteiger partial charge in [0, 0.05) is 13.1 Å². The predicted molar refractivity (Wildman–Crippen MR) is 128 cm³/mol. The molecule has 0 aliphatic heterocycles. The normalized spacial score (nSPS) is 9.59. The van der Waals surface area contributed by atoms with E-state index in [9.17, 15) is 0 Å². The van der Waals surface area contributed by atoms with Gasteiger partial charge in [0.15, 0.2) is 11.9 Å². The van der Waals surface area contributed by atoms with Crippen molar-refractivity contribution in [3.8, 4) is 5.75 Å². The maximum atomic E-state index is 7.86. The fourth-order valence-electron chi connectivity index (χ4n) is 2.80. The van der Waals surface area contributed by atoms with Crippen LogP contribution >= 0.6 is 24.8 Å². The van der Waals surface area contributed by atoms with Crippen molar-refractivity contribution in [1.29, 1.82) is 10.8 Å². The van der Waals surface area contributed by atoms with Gasteiger partial charge < -0.3 is 15.4 Å². The molecular weight excluding hydrogens is 409 g/mol. The molecule has 0 heterocycles. The molecule has 0 aliphatic rings. The third kappa shape index (κ3) is 15.9. The summed E-state index contributed by atoms with van der Waals surface area (Å²) in [6.45, 7) is 3.55. The van der Waals surface area contributed by atoms with Gasteiger partial charge in [-0.25, -0.2) is 0 Å². The lowest BCUT2D eigenvalue weighted by atomic mass is 10.1. The lowest BCUT2D eigenvalue weighted by Crippen LogP contribution is -2.45. The third-order valence-electron chi connectivity index (χ3n) is 4.46. The second kappa shape index (κ2) is 19.6. The number of hydrogen-bond acceptors (Lipinski definition) is 3. The number of unbranched alkanes of at least 4 members (excludes halogenated alkanes) is 8. The van der Waals surface area contributed by atoms with Gasteiger partial charge in [0.05, 0.1) is 7.11 Å². The van der Waals surface area contributed by atoms with E-state index in [0.29, 0.717) is 6.54 Å². The van der Waals surface area contributed by atoms with E-state index in [0.717, 1.165) is 24.3 Å². The molecule has 0 spiro atoms. The summed E-state index contributed by atoms with van der Waals surface area (Å²) >= 11 is 0. The van der Waals surface area contributed by atoms with Gasteiger partial charge in [-0.15, -0.1) is 24.8 Å². The van der Waals surface area contributed by atoms with Crippen molar-refractivity contribution in [1.82, 2.24) is 16.0 Å². The van der Waals surface area contributed by atoms with Crippen LogP contribution in [-0.2, 0) is 6.54 Å². The highest BCUT2D eigenvalue weighted by Crippen LogP contribution is 2.11. The summed E-state index contributed by atoms with van der Waals surface area (Å²) < 4.78 is 5.12. The first-order valence-corrected chi connectivity index (χ1v) is 10.2. The Balaban J connectivity index is 0. The number of ether oxygens (including phenoxy) is 1. The molecular formula is C21H39Cl2N5O. The van der Waals surface area contributed by atoms with Crippen molar-refractivity contribution in [2.24, 2.45) is 0 Å². The van der Waals surface area contributed by atoms with Crippen LogP contribution in [0.5, 0.6) is 5.75 Å². The quantitative estimate of drug-likeness (QED) is 0.163. The van der Waals surface area contributed by atoms with E-state index in [1.54, 1.807) is 7.11 Å². The molecule has 0 bridgehead atoms. The Kier molecular flexibility index (Phi) is 20.0. The van der Waals surface area contributed by atoms with E-state index < -0.39 is 0 Å². The van der Waals surface area contributed by atoms with E-state index in [1.807, 2.05) is 24.3 Å². The van der Waals surface area contributed by atoms with Crippen LogP contribution in [0.25, 0.3) is 0 Å². The van der Waals surface area contributed by atoms with E-state index >= 15 is 0 Å². The van der Waals surface area contributed by atoms with Crippen LogP contribution in [-0.4, -0.2) is 25.6 Å². The minimum absolute atomic E-state index is 0. The summed E-state index contributed by atoms with van der Waals surface area (Å²) in [5.41, 5.74) is 1.05. The van der Waals surface area contributed by atoms with Crippen LogP contribution in [0.4, 0.5) is 0 Å². The summed E-state index contributed by atoms with van der Waals surface area (Å²) in [7, 11) is 1.64. The third-order valence-corrected chi connectivity index (χ3v) is 4.46. The molecule has 0 fully saturated rings. The van der Waals surface area contributed by atoms with Gasteiger partial charge in [-0.1, -0.05) is 70.4 Å². The van der Waals surface area contributed by atoms with Crippen LogP contribution in [0.1, 0.15) is 70.3 Å². The molecule has 0 aromatic heterocycles. The smallest absolute Gasteiger partial charge is 0.195 e. The molecule has 29 heavy (non-hydrogen) atoms. The molecule has 0 radical (unpaired) electrons. The molecule has 1 rings (SSSR count). The summed E-state index contributed by atoms with van der Waals surface area (Å²) in [5.74, 6) is 1.10. The first kappa shape index (κ1) is 29.5. The highest BCUT2D eigenvalue weighted by molar-refractivity contribution is 5.95.